The monoisotopic (exact) mass is 160 g/mol. The van der Waals surface area contributed by atoms with Crippen LogP contribution in [0.1, 0.15) is 6.92 Å². The summed E-state index contributed by atoms with van der Waals surface area (Å²) in [7, 11) is 0. The molecule has 0 amide bonds. The number of esters is 1. The second-order valence-corrected chi connectivity index (χ2v) is 2.64. The highest BCUT2D eigenvalue weighted by atomic mass is 16.5. The fourth-order valence-corrected chi connectivity index (χ4v) is 1.01. The maximum Gasteiger partial charge on any atom is 0.306 e. The SMILES string of the molecule is CC(=O)OC[NH+]1CCOCC1. The molecule has 1 aliphatic rings. The summed E-state index contributed by atoms with van der Waals surface area (Å²) in [6, 6.07) is 0. The summed E-state index contributed by atoms with van der Waals surface area (Å²) >= 11 is 0. The van der Waals surface area contributed by atoms with Crippen molar-refractivity contribution in [2.45, 2.75) is 6.92 Å². The third-order valence-corrected chi connectivity index (χ3v) is 1.68. The van der Waals surface area contributed by atoms with E-state index in [4.69, 9.17) is 9.47 Å². The molecule has 1 N–H and O–H groups in total. The Bertz CT molecular complexity index is 132. The predicted molar refractivity (Wildman–Crippen MR) is 38.1 cm³/mol. The van der Waals surface area contributed by atoms with Gasteiger partial charge in [-0.2, -0.15) is 0 Å². The first kappa shape index (κ1) is 8.49. The average molecular weight is 160 g/mol. The Kier molecular flexibility index (Phi) is 3.32. The van der Waals surface area contributed by atoms with Crippen LogP contribution in [0.2, 0.25) is 0 Å². The first-order valence-electron chi connectivity index (χ1n) is 3.83. The van der Waals surface area contributed by atoms with Gasteiger partial charge in [0, 0.05) is 6.92 Å². The van der Waals surface area contributed by atoms with Gasteiger partial charge in [0.25, 0.3) is 0 Å². The van der Waals surface area contributed by atoms with Crippen molar-refractivity contribution in [3.8, 4) is 0 Å². The molecule has 0 aromatic carbocycles. The minimum Gasteiger partial charge on any atom is -0.415 e. The maximum absolute atomic E-state index is 10.4. The van der Waals surface area contributed by atoms with Gasteiger partial charge in [0.15, 0.2) is 0 Å². The summed E-state index contributed by atoms with van der Waals surface area (Å²) in [5.41, 5.74) is 0. The quantitative estimate of drug-likeness (QED) is 0.496. The van der Waals surface area contributed by atoms with Gasteiger partial charge in [0.2, 0.25) is 6.73 Å². The standard InChI is InChI=1S/C7H13NO3/c1-7(9)11-6-8-2-4-10-5-3-8/h2-6H2,1H3/p+1. The van der Waals surface area contributed by atoms with Crippen molar-refractivity contribution in [2.24, 2.45) is 0 Å². The van der Waals surface area contributed by atoms with Crippen molar-refractivity contribution >= 4 is 5.97 Å². The van der Waals surface area contributed by atoms with E-state index in [0.29, 0.717) is 6.73 Å². The summed E-state index contributed by atoms with van der Waals surface area (Å²) in [4.78, 5) is 11.7. The van der Waals surface area contributed by atoms with E-state index in [1.165, 1.54) is 11.8 Å². The molecular weight excluding hydrogens is 146 g/mol. The largest absolute Gasteiger partial charge is 0.415 e. The van der Waals surface area contributed by atoms with E-state index >= 15 is 0 Å². The van der Waals surface area contributed by atoms with Gasteiger partial charge in [0.1, 0.15) is 13.1 Å². The summed E-state index contributed by atoms with van der Waals surface area (Å²) in [6.07, 6.45) is 0. The summed E-state index contributed by atoms with van der Waals surface area (Å²) in [5.74, 6) is -0.205. The zero-order chi connectivity index (χ0) is 8.10. The molecular formula is C7H14NO3+. The molecule has 0 unspecified atom stereocenters. The van der Waals surface area contributed by atoms with Crippen LogP contribution in [0.15, 0.2) is 0 Å². The highest BCUT2D eigenvalue weighted by Gasteiger charge is 2.13. The second-order valence-electron chi connectivity index (χ2n) is 2.64. The minimum absolute atomic E-state index is 0.205. The molecule has 0 aliphatic carbocycles. The molecule has 4 nitrogen and oxygen atoms in total. The zero-order valence-corrected chi connectivity index (χ0v) is 6.76. The van der Waals surface area contributed by atoms with Gasteiger partial charge in [-0.05, 0) is 0 Å². The average Bonchev–Trinajstić information content (AvgIpc) is 2.03. The summed E-state index contributed by atoms with van der Waals surface area (Å²) < 4.78 is 10.00. The summed E-state index contributed by atoms with van der Waals surface area (Å²) in [5, 5.41) is 0. The molecule has 0 saturated carbocycles. The molecule has 0 radical (unpaired) electrons. The van der Waals surface area contributed by atoms with Crippen molar-refractivity contribution in [3.05, 3.63) is 0 Å². The van der Waals surface area contributed by atoms with Gasteiger partial charge in [-0.15, -0.1) is 0 Å². The van der Waals surface area contributed by atoms with Crippen molar-refractivity contribution in [3.63, 3.8) is 0 Å². The smallest absolute Gasteiger partial charge is 0.306 e. The van der Waals surface area contributed by atoms with Crippen LogP contribution in [0.25, 0.3) is 0 Å². The molecule has 0 atom stereocenters. The Hall–Kier alpha value is -0.610. The molecule has 1 fully saturated rings. The third-order valence-electron chi connectivity index (χ3n) is 1.68. The lowest BCUT2D eigenvalue weighted by Crippen LogP contribution is -3.14. The number of hydrogen-bond donors (Lipinski definition) is 1. The van der Waals surface area contributed by atoms with E-state index in [2.05, 4.69) is 0 Å². The predicted octanol–water partition coefficient (Wildman–Crippen LogP) is -1.58. The second kappa shape index (κ2) is 4.31. The van der Waals surface area contributed by atoms with Crippen LogP contribution >= 0.6 is 0 Å². The molecule has 0 aromatic heterocycles. The van der Waals surface area contributed by atoms with E-state index in [1.54, 1.807) is 0 Å². The number of ether oxygens (including phenoxy) is 2. The number of rotatable bonds is 2. The Balaban J connectivity index is 2.09. The molecule has 1 rings (SSSR count). The van der Waals surface area contributed by atoms with Crippen LogP contribution in [-0.4, -0.2) is 39.0 Å². The number of morpholine rings is 1. The van der Waals surface area contributed by atoms with E-state index in [1.807, 2.05) is 0 Å². The fourth-order valence-electron chi connectivity index (χ4n) is 1.01. The molecule has 0 bridgehead atoms. The Labute approximate surface area is 66.1 Å². The molecule has 64 valence electrons. The van der Waals surface area contributed by atoms with Gasteiger partial charge in [-0.3, -0.25) is 9.69 Å². The van der Waals surface area contributed by atoms with Crippen molar-refractivity contribution < 1.29 is 19.2 Å². The number of quaternary nitrogens is 1. The Morgan fingerprint density at radius 1 is 1.55 bits per heavy atom. The fraction of sp³-hybridized carbons (Fsp3) is 0.857. The topological polar surface area (TPSA) is 40.0 Å². The van der Waals surface area contributed by atoms with Crippen molar-refractivity contribution in [1.82, 2.24) is 0 Å². The van der Waals surface area contributed by atoms with Crippen molar-refractivity contribution in [1.29, 1.82) is 0 Å². The zero-order valence-electron chi connectivity index (χ0n) is 6.76. The first-order valence-corrected chi connectivity index (χ1v) is 3.83. The summed E-state index contributed by atoms with van der Waals surface area (Å²) in [6.45, 7) is 5.34. The minimum atomic E-state index is -0.205. The lowest BCUT2D eigenvalue weighted by atomic mass is 10.5. The molecule has 0 spiro atoms. The highest BCUT2D eigenvalue weighted by molar-refractivity contribution is 5.65. The number of carbonyl (C=O) groups excluding carboxylic acids is 1. The highest BCUT2D eigenvalue weighted by Crippen LogP contribution is 1.76. The first-order chi connectivity index (χ1) is 5.29. The van der Waals surface area contributed by atoms with Crippen molar-refractivity contribution in [2.75, 3.05) is 33.0 Å². The van der Waals surface area contributed by atoms with Crippen LogP contribution in [0, 0.1) is 0 Å². The lowest BCUT2D eigenvalue weighted by Gasteiger charge is -2.22. The van der Waals surface area contributed by atoms with Gasteiger partial charge in [-0.25, -0.2) is 0 Å². The molecule has 0 aromatic rings. The van der Waals surface area contributed by atoms with E-state index < -0.39 is 0 Å². The van der Waals surface area contributed by atoms with Gasteiger partial charge in [-0.1, -0.05) is 0 Å². The molecule has 1 aliphatic heterocycles. The molecule has 11 heavy (non-hydrogen) atoms. The third kappa shape index (κ3) is 3.34. The van der Waals surface area contributed by atoms with Crippen LogP contribution < -0.4 is 4.90 Å². The molecule has 1 saturated heterocycles. The lowest BCUT2D eigenvalue weighted by molar-refractivity contribution is -0.924. The normalized spacial score (nSPS) is 19.7. The van der Waals surface area contributed by atoms with E-state index in [-0.39, 0.29) is 5.97 Å². The Morgan fingerprint density at radius 3 is 2.73 bits per heavy atom. The van der Waals surface area contributed by atoms with E-state index in [0.717, 1.165) is 26.3 Å². The number of nitrogens with one attached hydrogen (secondary N) is 1. The number of hydrogen-bond acceptors (Lipinski definition) is 3. The molecule has 1 heterocycles. The van der Waals surface area contributed by atoms with Crippen LogP contribution in [-0.2, 0) is 14.3 Å². The maximum atomic E-state index is 10.4. The Morgan fingerprint density at radius 2 is 2.18 bits per heavy atom. The van der Waals surface area contributed by atoms with Crippen LogP contribution in [0.3, 0.4) is 0 Å². The van der Waals surface area contributed by atoms with Gasteiger partial charge < -0.3 is 9.47 Å². The molecule has 4 heteroatoms. The van der Waals surface area contributed by atoms with Gasteiger partial charge >= 0.3 is 5.97 Å². The van der Waals surface area contributed by atoms with Crippen LogP contribution in [0.4, 0.5) is 0 Å². The van der Waals surface area contributed by atoms with E-state index in [9.17, 15) is 4.79 Å². The van der Waals surface area contributed by atoms with Gasteiger partial charge in [0.05, 0.1) is 13.2 Å². The number of carbonyl (C=O) groups is 1. The van der Waals surface area contributed by atoms with Crippen LogP contribution in [0.5, 0.6) is 0 Å².